The lowest BCUT2D eigenvalue weighted by Crippen LogP contribution is -2.22. The number of ether oxygens (including phenoxy) is 2. The molecule has 1 saturated heterocycles. The van der Waals surface area contributed by atoms with Gasteiger partial charge >= 0.3 is 5.97 Å². The molecule has 1 aliphatic heterocycles. The third kappa shape index (κ3) is 5.61. The molecule has 1 aliphatic carbocycles. The number of carboxylic acid groups (broad SMARTS) is 1. The molecule has 2 fully saturated rings. The summed E-state index contributed by atoms with van der Waals surface area (Å²) in [6, 6.07) is 0. The maximum absolute atomic E-state index is 10.5. The summed E-state index contributed by atoms with van der Waals surface area (Å²) in [6.07, 6.45) is 16.4. The molecule has 1 heterocycles. The van der Waals surface area contributed by atoms with Crippen LogP contribution < -0.4 is 0 Å². The molecule has 4 nitrogen and oxygen atoms in total. The van der Waals surface area contributed by atoms with E-state index in [1.54, 1.807) is 0 Å². The van der Waals surface area contributed by atoms with Gasteiger partial charge in [0.25, 0.3) is 0 Å². The van der Waals surface area contributed by atoms with E-state index in [2.05, 4.69) is 19.1 Å². The van der Waals surface area contributed by atoms with Crippen molar-refractivity contribution in [3.8, 4) is 0 Å². The van der Waals surface area contributed by atoms with E-state index in [-0.39, 0.29) is 24.5 Å². The van der Waals surface area contributed by atoms with Gasteiger partial charge in [0.2, 0.25) is 0 Å². The van der Waals surface area contributed by atoms with Crippen LogP contribution in [-0.2, 0) is 14.3 Å². The number of rotatable bonds is 11. The Morgan fingerprint density at radius 1 is 1.39 bits per heavy atom. The van der Waals surface area contributed by atoms with Crippen LogP contribution in [0.5, 0.6) is 0 Å². The van der Waals surface area contributed by atoms with Crippen LogP contribution in [0.3, 0.4) is 0 Å². The summed E-state index contributed by atoms with van der Waals surface area (Å²) in [5.74, 6) is -0.809. The van der Waals surface area contributed by atoms with E-state index < -0.39 is 5.97 Å². The summed E-state index contributed by atoms with van der Waals surface area (Å²) in [7, 11) is 0. The van der Waals surface area contributed by atoms with Gasteiger partial charge in [-0.15, -0.1) is 0 Å². The summed E-state index contributed by atoms with van der Waals surface area (Å²) in [5, 5.41) is 8.63. The Balaban J connectivity index is 1.73. The fourth-order valence-corrected chi connectivity index (χ4v) is 3.94. The molecule has 0 amide bonds. The average molecular weight is 324 g/mol. The summed E-state index contributed by atoms with van der Waals surface area (Å²) in [4.78, 5) is 10.5. The molecule has 0 aromatic rings. The van der Waals surface area contributed by atoms with E-state index in [1.165, 1.54) is 44.9 Å². The minimum absolute atomic E-state index is 0.0684. The van der Waals surface area contributed by atoms with Gasteiger partial charge in [0.05, 0.1) is 31.8 Å². The molecule has 1 saturated carbocycles. The summed E-state index contributed by atoms with van der Waals surface area (Å²) >= 11 is 0. The molecule has 0 aromatic heterocycles. The van der Waals surface area contributed by atoms with Gasteiger partial charge in [0.15, 0.2) is 0 Å². The van der Waals surface area contributed by atoms with Crippen molar-refractivity contribution in [3.63, 3.8) is 0 Å². The van der Waals surface area contributed by atoms with E-state index in [0.29, 0.717) is 12.7 Å². The van der Waals surface area contributed by atoms with Crippen molar-refractivity contribution in [2.45, 2.75) is 83.3 Å². The summed E-state index contributed by atoms with van der Waals surface area (Å²) in [6.45, 7) is 3.04. The second-order valence-corrected chi connectivity index (χ2v) is 7.05. The van der Waals surface area contributed by atoms with E-state index in [4.69, 9.17) is 14.6 Å². The quantitative estimate of drug-likeness (QED) is 0.454. The van der Waals surface area contributed by atoms with Crippen LogP contribution in [0.25, 0.3) is 0 Å². The zero-order chi connectivity index (χ0) is 16.5. The standard InChI is InChI=1S/C19H32O4/c1-2-3-4-5-6-7-11-19-12-8-9-17(19)23-16(14-19)15-22-13-10-18(20)21/h7,11,16-17H,2-6,8-10,12-15H2,1H3,(H,20,21)/b11-7+/t16-,17-,19-/m0/s1. The second kappa shape index (κ2) is 9.43. The number of carbonyl (C=O) groups is 1. The van der Waals surface area contributed by atoms with Gasteiger partial charge in [-0.3, -0.25) is 4.79 Å². The van der Waals surface area contributed by atoms with E-state index in [9.17, 15) is 4.79 Å². The number of aliphatic carboxylic acids is 1. The van der Waals surface area contributed by atoms with Gasteiger partial charge in [0.1, 0.15) is 0 Å². The molecule has 2 rings (SSSR count). The maximum atomic E-state index is 10.5. The van der Waals surface area contributed by atoms with Crippen molar-refractivity contribution < 1.29 is 19.4 Å². The number of unbranched alkanes of at least 4 members (excludes halogenated alkanes) is 4. The molecule has 132 valence electrons. The minimum Gasteiger partial charge on any atom is -0.481 e. The first-order valence-electron chi connectivity index (χ1n) is 9.29. The van der Waals surface area contributed by atoms with Crippen LogP contribution in [0, 0.1) is 5.41 Å². The molecular formula is C19H32O4. The molecule has 3 atom stereocenters. The van der Waals surface area contributed by atoms with E-state index in [1.807, 2.05) is 0 Å². The fourth-order valence-electron chi connectivity index (χ4n) is 3.94. The predicted molar refractivity (Wildman–Crippen MR) is 90.5 cm³/mol. The SMILES string of the molecule is CCCCCC/C=C/[C@@]12CCC[C@@H]1O[C@H](COCCC(=O)O)C2. The minimum atomic E-state index is -0.809. The van der Waals surface area contributed by atoms with Crippen molar-refractivity contribution in [2.75, 3.05) is 13.2 Å². The van der Waals surface area contributed by atoms with Crippen molar-refractivity contribution in [3.05, 3.63) is 12.2 Å². The average Bonchev–Trinajstić information content (AvgIpc) is 3.04. The van der Waals surface area contributed by atoms with Crippen LogP contribution in [-0.4, -0.2) is 36.5 Å². The van der Waals surface area contributed by atoms with Gasteiger partial charge in [-0.25, -0.2) is 0 Å². The highest BCUT2D eigenvalue weighted by Gasteiger charge is 2.49. The lowest BCUT2D eigenvalue weighted by molar-refractivity contribution is -0.138. The Bertz CT molecular complexity index is 393. The first-order valence-corrected chi connectivity index (χ1v) is 9.29. The molecule has 4 heteroatoms. The van der Waals surface area contributed by atoms with Crippen LogP contribution in [0.4, 0.5) is 0 Å². The zero-order valence-electron chi connectivity index (χ0n) is 14.5. The predicted octanol–water partition coefficient (Wildman–Crippen LogP) is 4.33. The normalized spacial score (nSPS) is 30.1. The molecule has 0 spiro atoms. The van der Waals surface area contributed by atoms with Crippen molar-refractivity contribution >= 4 is 5.97 Å². The van der Waals surface area contributed by atoms with Crippen LogP contribution in [0.2, 0.25) is 0 Å². The van der Waals surface area contributed by atoms with E-state index >= 15 is 0 Å². The van der Waals surface area contributed by atoms with Gasteiger partial charge in [0, 0.05) is 5.41 Å². The highest BCUT2D eigenvalue weighted by molar-refractivity contribution is 5.66. The lowest BCUT2D eigenvalue weighted by atomic mass is 9.81. The Morgan fingerprint density at radius 2 is 2.26 bits per heavy atom. The zero-order valence-corrected chi connectivity index (χ0v) is 14.5. The van der Waals surface area contributed by atoms with Crippen molar-refractivity contribution in [2.24, 2.45) is 5.41 Å². The highest BCUT2D eigenvalue weighted by atomic mass is 16.5. The van der Waals surface area contributed by atoms with Gasteiger partial charge < -0.3 is 14.6 Å². The first kappa shape index (κ1) is 18.5. The van der Waals surface area contributed by atoms with E-state index in [0.717, 1.165) is 12.8 Å². The van der Waals surface area contributed by atoms with Crippen molar-refractivity contribution in [1.29, 1.82) is 0 Å². The van der Waals surface area contributed by atoms with Crippen molar-refractivity contribution in [1.82, 2.24) is 0 Å². The van der Waals surface area contributed by atoms with Gasteiger partial charge in [-0.2, -0.15) is 0 Å². The molecule has 0 bridgehead atoms. The largest absolute Gasteiger partial charge is 0.481 e. The number of fused-ring (bicyclic) bond motifs is 1. The molecule has 1 N–H and O–H groups in total. The van der Waals surface area contributed by atoms with Crippen LogP contribution >= 0.6 is 0 Å². The Kier molecular flexibility index (Phi) is 7.57. The third-order valence-corrected chi connectivity index (χ3v) is 5.15. The molecule has 2 aliphatic rings. The van der Waals surface area contributed by atoms with Crippen LogP contribution in [0.15, 0.2) is 12.2 Å². The number of hydrogen-bond donors (Lipinski definition) is 1. The van der Waals surface area contributed by atoms with Gasteiger partial charge in [-0.05, 0) is 38.5 Å². The topological polar surface area (TPSA) is 55.8 Å². The number of carboxylic acids is 1. The second-order valence-electron chi connectivity index (χ2n) is 7.05. The number of hydrogen-bond acceptors (Lipinski definition) is 3. The third-order valence-electron chi connectivity index (χ3n) is 5.15. The Morgan fingerprint density at radius 3 is 3.04 bits per heavy atom. The molecule has 0 radical (unpaired) electrons. The lowest BCUT2D eigenvalue weighted by Gasteiger charge is -2.23. The fraction of sp³-hybridized carbons (Fsp3) is 0.842. The molecule has 0 aromatic carbocycles. The Hall–Kier alpha value is -0.870. The monoisotopic (exact) mass is 324 g/mol. The smallest absolute Gasteiger partial charge is 0.305 e. The summed E-state index contributed by atoms with van der Waals surface area (Å²) < 4.78 is 11.6. The maximum Gasteiger partial charge on any atom is 0.305 e. The molecule has 23 heavy (non-hydrogen) atoms. The summed E-state index contributed by atoms with van der Waals surface area (Å²) in [5.41, 5.74) is 0.214. The number of allylic oxidation sites excluding steroid dienone is 1. The highest BCUT2D eigenvalue weighted by Crippen LogP contribution is 2.51. The molecular weight excluding hydrogens is 292 g/mol. The first-order chi connectivity index (χ1) is 11.2. The van der Waals surface area contributed by atoms with Crippen LogP contribution in [0.1, 0.15) is 71.1 Å². The molecule has 0 unspecified atom stereocenters. The van der Waals surface area contributed by atoms with Gasteiger partial charge in [-0.1, -0.05) is 38.3 Å². The Labute approximate surface area is 140 Å².